The average molecular weight is 341 g/mol. The molecule has 0 atom stereocenters. The summed E-state index contributed by atoms with van der Waals surface area (Å²) >= 11 is 5.06. The minimum atomic E-state index is -0.266. The predicted molar refractivity (Wildman–Crippen MR) is 98.7 cm³/mol. The molecule has 0 aliphatic carbocycles. The molecule has 2 amide bonds. The number of hydrogen-bond donors (Lipinski definition) is 2. The summed E-state index contributed by atoms with van der Waals surface area (Å²) in [7, 11) is 1.75. The van der Waals surface area contributed by atoms with Crippen LogP contribution in [0.2, 0.25) is 0 Å². The van der Waals surface area contributed by atoms with Gasteiger partial charge < -0.3 is 15.5 Å². The highest BCUT2D eigenvalue weighted by molar-refractivity contribution is 7.80. The lowest BCUT2D eigenvalue weighted by atomic mass is 10.1. The van der Waals surface area contributed by atoms with Gasteiger partial charge in [0.05, 0.1) is 11.3 Å². The van der Waals surface area contributed by atoms with Gasteiger partial charge in [-0.1, -0.05) is 42.5 Å². The third-order valence-electron chi connectivity index (χ3n) is 3.30. The molecule has 0 heterocycles. The Hall–Kier alpha value is -2.73. The molecule has 6 heteroatoms. The topological polar surface area (TPSA) is 61.4 Å². The van der Waals surface area contributed by atoms with Gasteiger partial charge in [0.2, 0.25) is 5.91 Å². The Morgan fingerprint density at radius 3 is 2.33 bits per heavy atom. The molecule has 0 saturated heterocycles. The maximum atomic E-state index is 12.7. The van der Waals surface area contributed by atoms with E-state index in [0.717, 1.165) is 5.56 Å². The van der Waals surface area contributed by atoms with Crippen molar-refractivity contribution in [2.45, 2.75) is 13.5 Å². The van der Waals surface area contributed by atoms with Crippen molar-refractivity contribution in [2.75, 3.05) is 12.4 Å². The molecule has 0 spiro atoms. The molecule has 2 N–H and O–H groups in total. The van der Waals surface area contributed by atoms with E-state index in [0.29, 0.717) is 17.8 Å². The van der Waals surface area contributed by atoms with E-state index >= 15 is 0 Å². The third-order valence-corrected chi connectivity index (χ3v) is 3.51. The van der Waals surface area contributed by atoms with Crippen LogP contribution in [0.25, 0.3) is 0 Å². The number of anilines is 1. The zero-order valence-electron chi connectivity index (χ0n) is 13.6. The second kappa shape index (κ2) is 8.21. The zero-order chi connectivity index (χ0) is 17.5. The fourth-order valence-electron chi connectivity index (χ4n) is 2.23. The average Bonchev–Trinajstić information content (AvgIpc) is 2.55. The number of rotatable bonds is 4. The van der Waals surface area contributed by atoms with E-state index < -0.39 is 0 Å². The van der Waals surface area contributed by atoms with Crippen LogP contribution < -0.4 is 10.6 Å². The van der Waals surface area contributed by atoms with Crippen LogP contribution in [0.5, 0.6) is 0 Å². The van der Waals surface area contributed by atoms with E-state index in [4.69, 9.17) is 12.2 Å². The summed E-state index contributed by atoms with van der Waals surface area (Å²) in [6, 6.07) is 16.8. The minimum Gasteiger partial charge on any atom is -0.337 e. The Labute approximate surface area is 146 Å². The molecule has 0 aliphatic rings. The molecule has 2 rings (SSSR count). The normalized spacial score (nSPS) is 9.92. The summed E-state index contributed by atoms with van der Waals surface area (Å²) in [5.74, 6) is -0.398. The van der Waals surface area contributed by atoms with Crippen molar-refractivity contribution < 1.29 is 9.59 Å². The first kappa shape index (κ1) is 17.6. The van der Waals surface area contributed by atoms with E-state index in [1.54, 1.807) is 36.2 Å². The van der Waals surface area contributed by atoms with Gasteiger partial charge in [0, 0.05) is 20.5 Å². The first-order valence-electron chi connectivity index (χ1n) is 7.44. The monoisotopic (exact) mass is 341 g/mol. The van der Waals surface area contributed by atoms with Gasteiger partial charge in [-0.05, 0) is 29.9 Å². The standard InChI is InChI=1S/C18H19N3O2S/c1-13(22)19-18(24)20-16-11-7-6-10-15(16)17(23)21(2)12-14-8-4-3-5-9-14/h3-11H,12H2,1-2H3,(H2,19,20,22,24). The van der Waals surface area contributed by atoms with Crippen LogP contribution in [0.3, 0.4) is 0 Å². The lowest BCUT2D eigenvalue weighted by Crippen LogP contribution is -2.33. The smallest absolute Gasteiger partial charge is 0.256 e. The summed E-state index contributed by atoms with van der Waals surface area (Å²) < 4.78 is 0. The second-order valence-electron chi connectivity index (χ2n) is 5.33. The van der Waals surface area contributed by atoms with E-state index in [9.17, 15) is 9.59 Å². The molecule has 0 aromatic heterocycles. The molecule has 0 bridgehead atoms. The van der Waals surface area contributed by atoms with Crippen LogP contribution >= 0.6 is 12.2 Å². The number of para-hydroxylation sites is 1. The van der Waals surface area contributed by atoms with E-state index in [1.807, 2.05) is 30.3 Å². The Morgan fingerprint density at radius 2 is 1.67 bits per heavy atom. The first-order valence-corrected chi connectivity index (χ1v) is 7.85. The van der Waals surface area contributed by atoms with Gasteiger partial charge in [-0.25, -0.2) is 0 Å². The molecule has 124 valence electrons. The summed E-state index contributed by atoms with van der Waals surface area (Å²) in [5, 5.41) is 5.54. The van der Waals surface area contributed by atoms with E-state index in [-0.39, 0.29) is 16.9 Å². The molecule has 2 aromatic rings. The molecule has 0 saturated carbocycles. The number of nitrogens with one attached hydrogen (secondary N) is 2. The minimum absolute atomic E-state index is 0.132. The summed E-state index contributed by atoms with van der Waals surface area (Å²) in [5.41, 5.74) is 2.09. The maximum absolute atomic E-state index is 12.7. The molecule has 2 aromatic carbocycles. The quantitative estimate of drug-likeness (QED) is 0.840. The summed E-state index contributed by atoms with van der Waals surface area (Å²) in [4.78, 5) is 25.4. The van der Waals surface area contributed by atoms with Gasteiger partial charge in [0.15, 0.2) is 5.11 Å². The SMILES string of the molecule is CC(=O)NC(=S)Nc1ccccc1C(=O)N(C)Cc1ccccc1. The summed E-state index contributed by atoms with van der Waals surface area (Å²) in [6.45, 7) is 1.88. The predicted octanol–water partition coefficient (Wildman–Crippen LogP) is 2.79. The van der Waals surface area contributed by atoms with Gasteiger partial charge in [-0.15, -0.1) is 0 Å². The molecule has 5 nitrogen and oxygen atoms in total. The van der Waals surface area contributed by atoms with Crippen LogP contribution in [-0.2, 0) is 11.3 Å². The van der Waals surface area contributed by atoms with Crippen molar-refractivity contribution >= 4 is 34.8 Å². The van der Waals surface area contributed by atoms with Crippen molar-refractivity contribution in [3.63, 3.8) is 0 Å². The maximum Gasteiger partial charge on any atom is 0.256 e. The van der Waals surface area contributed by atoms with Crippen LogP contribution in [0.1, 0.15) is 22.8 Å². The lowest BCUT2D eigenvalue weighted by Gasteiger charge is -2.20. The molecular weight excluding hydrogens is 322 g/mol. The number of amides is 2. The number of thiocarbonyl (C=S) groups is 1. The highest BCUT2D eigenvalue weighted by Crippen LogP contribution is 2.18. The lowest BCUT2D eigenvalue weighted by molar-refractivity contribution is -0.117. The Morgan fingerprint density at radius 1 is 1.04 bits per heavy atom. The largest absolute Gasteiger partial charge is 0.337 e. The molecule has 0 aliphatic heterocycles. The zero-order valence-corrected chi connectivity index (χ0v) is 14.4. The second-order valence-corrected chi connectivity index (χ2v) is 5.74. The number of nitrogens with zero attached hydrogens (tertiary/aromatic N) is 1. The number of benzene rings is 2. The van der Waals surface area contributed by atoms with Crippen molar-refractivity contribution in [3.05, 3.63) is 65.7 Å². The molecule has 24 heavy (non-hydrogen) atoms. The number of hydrogen-bond acceptors (Lipinski definition) is 3. The van der Waals surface area contributed by atoms with Gasteiger partial charge in [-0.2, -0.15) is 0 Å². The van der Waals surface area contributed by atoms with E-state index in [2.05, 4.69) is 10.6 Å². The van der Waals surface area contributed by atoms with Gasteiger partial charge in [-0.3, -0.25) is 9.59 Å². The molecule has 0 fully saturated rings. The fourth-order valence-corrected chi connectivity index (χ4v) is 2.48. The van der Waals surface area contributed by atoms with Crippen LogP contribution in [-0.4, -0.2) is 28.9 Å². The number of carbonyl (C=O) groups is 2. The first-order chi connectivity index (χ1) is 11.5. The van der Waals surface area contributed by atoms with Crippen LogP contribution in [0, 0.1) is 0 Å². The highest BCUT2D eigenvalue weighted by atomic mass is 32.1. The van der Waals surface area contributed by atoms with Crippen LogP contribution in [0.15, 0.2) is 54.6 Å². The van der Waals surface area contributed by atoms with Gasteiger partial charge in [0.25, 0.3) is 5.91 Å². The summed E-state index contributed by atoms with van der Waals surface area (Å²) in [6.07, 6.45) is 0. The molecular formula is C18H19N3O2S. The third kappa shape index (κ3) is 4.89. The van der Waals surface area contributed by atoms with Crippen molar-refractivity contribution in [1.82, 2.24) is 10.2 Å². The van der Waals surface area contributed by atoms with Crippen molar-refractivity contribution in [3.8, 4) is 0 Å². The molecule has 0 radical (unpaired) electrons. The van der Waals surface area contributed by atoms with Gasteiger partial charge >= 0.3 is 0 Å². The Balaban J connectivity index is 2.14. The van der Waals surface area contributed by atoms with Crippen molar-refractivity contribution in [1.29, 1.82) is 0 Å². The Kier molecular flexibility index (Phi) is 6.03. The Bertz CT molecular complexity index is 747. The number of carbonyl (C=O) groups excluding carboxylic acids is 2. The fraction of sp³-hybridized carbons (Fsp3) is 0.167. The highest BCUT2D eigenvalue weighted by Gasteiger charge is 2.16. The van der Waals surface area contributed by atoms with Crippen molar-refractivity contribution in [2.24, 2.45) is 0 Å². The van der Waals surface area contributed by atoms with Crippen LogP contribution in [0.4, 0.5) is 5.69 Å². The van der Waals surface area contributed by atoms with Gasteiger partial charge in [0.1, 0.15) is 0 Å². The molecule has 0 unspecified atom stereocenters. The van der Waals surface area contributed by atoms with E-state index in [1.165, 1.54) is 6.92 Å².